The first-order valence-corrected chi connectivity index (χ1v) is 9.15. The molecule has 3 heterocycles. The predicted octanol–water partition coefficient (Wildman–Crippen LogP) is 1.30. The van der Waals surface area contributed by atoms with E-state index < -0.39 is 0 Å². The zero-order chi connectivity index (χ0) is 16.1. The highest BCUT2D eigenvalue weighted by Gasteiger charge is 2.15. The molecule has 0 atom stereocenters. The highest BCUT2D eigenvalue weighted by molar-refractivity contribution is 7.13. The number of hydrogen-bond acceptors (Lipinski definition) is 7. The smallest absolute Gasteiger partial charge is 0.187 e. The van der Waals surface area contributed by atoms with Crippen LogP contribution < -0.4 is 10.2 Å². The largest absolute Gasteiger partial charge is 0.370 e. The van der Waals surface area contributed by atoms with Crippen LogP contribution in [0.25, 0.3) is 5.57 Å². The molecule has 2 aromatic heterocycles. The summed E-state index contributed by atoms with van der Waals surface area (Å²) in [7, 11) is 0. The van der Waals surface area contributed by atoms with Gasteiger partial charge in [-0.15, -0.1) is 22.7 Å². The highest BCUT2D eigenvalue weighted by Crippen LogP contribution is 2.20. The molecule has 0 aromatic carbocycles. The molecule has 3 rings (SSSR count). The average Bonchev–Trinajstić information content (AvgIpc) is 3.19. The van der Waals surface area contributed by atoms with Crippen molar-refractivity contribution in [3.63, 3.8) is 0 Å². The van der Waals surface area contributed by atoms with Gasteiger partial charge in [-0.3, -0.25) is 0 Å². The topological polar surface area (TPSA) is 75.3 Å². The molecule has 0 spiro atoms. The summed E-state index contributed by atoms with van der Waals surface area (Å²) in [6, 6.07) is 2.18. The van der Waals surface area contributed by atoms with Gasteiger partial charge in [-0.1, -0.05) is 0 Å². The fourth-order valence-corrected chi connectivity index (χ4v) is 3.74. The maximum absolute atomic E-state index is 9.26. The van der Waals surface area contributed by atoms with E-state index in [0.29, 0.717) is 5.57 Å². The van der Waals surface area contributed by atoms with Crippen LogP contribution in [0.1, 0.15) is 16.4 Å². The number of nitrogens with one attached hydrogen (secondary N) is 2. The molecule has 1 aliphatic heterocycles. The van der Waals surface area contributed by atoms with E-state index in [2.05, 4.69) is 26.7 Å². The van der Waals surface area contributed by atoms with Crippen molar-refractivity contribution in [2.45, 2.75) is 13.5 Å². The number of ether oxygens (including phenoxy) is 1. The third-order valence-electron chi connectivity index (χ3n) is 3.49. The Balaban J connectivity index is 1.61. The minimum absolute atomic E-state index is 0.527. The second-order valence-electron chi connectivity index (χ2n) is 5.29. The molecule has 0 saturated carbocycles. The van der Waals surface area contributed by atoms with E-state index in [1.54, 1.807) is 17.5 Å². The summed E-state index contributed by atoms with van der Waals surface area (Å²) < 4.78 is 5.37. The van der Waals surface area contributed by atoms with Crippen molar-refractivity contribution in [2.24, 2.45) is 0 Å². The van der Waals surface area contributed by atoms with Crippen LogP contribution in [0, 0.1) is 18.3 Å². The summed E-state index contributed by atoms with van der Waals surface area (Å²) in [5.74, 6) is 0. The van der Waals surface area contributed by atoms with Gasteiger partial charge in [-0.25, -0.2) is 9.97 Å². The molecule has 6 nitrogen and oxygen atoms in total. The second kappa shape index (κ2) is 7.66. The normalized spacial score (nSPS) is 16.3. The van der Waals surface area contributed by atoms with Crippen LogP contribution in [0.3, 0.4) is 0 Å². The monoisotopic (exact) mass is 348 g/mol. The number of nitriles is 1. The van der Waals surface area contributed by atoms with Crippen molar-refractivity contribution in [3.8, 4) is 6.07 Å². The zero-order valence-corrected chi connectivity index (χ0v) is 14.5. The van der Waals surface area contributed by atoms with Crippen LogP contribution in [0.5, 0.6) is 0 Å². The molecule has 8 heteroatoms. The molecule has 0 unspecified atom stereocenters. The van der Waals surface area contributed by atoms with E-state index in [1.807, 2.05) is 12.3 Å². The number of nitrogens with zero attached hydrogens (tertiary/aromatic N) is 3. The molecule has 1 fully saturated rings. The molecule has 0 aliphatic carbocycles. The minimum Gasteiger partial charge on any atom is -0.370 e. The van der Waals surface area contributed by atoms with E-state index in [-0.39, 0.29) is 0 Å². The lowest BCUT2D eigenvalue weighted by atomic mass is 10.3. The Morgan fingerprint density at radius 2 is 2.22 bits per heavy atom. The Morgan fingerprint density at radius 1 is 1.39 bits per heavy atom. The third kappa shape index (κ3) is 4.36. The minimum atomic E-state index is 0.527. The zero-order valence-electron chi connectivity index (χ0n) is 12.8. The van der Waals surface area contributed by atoms with Crippen LogP contribution in [0.2, 0.25) is 0 Å². The molecule has 0 bridgehead atoms. The first-order valence-electron chi connectivity index (χ1n) is 7.39. The lowest BCUT2D eigenvalue weighted by Crippen LogP contribution is -3.12. The van der Waals surface area contributed by atoms with Gasteiger partial charge in [0.05, 0.1) is 13.2 Å². The Hall–Kier alpha value is -1.79. The first-order chi connectivity index (χ1) is 11.2. The molecule has 1 aliphatic rings. The van der Waals surface area contributed by atoms with E-state index in [9.17, 15) is 5.26 Å². The van der Waals surface area contributed by atoms with Gasteiger partial charge < -0.3 is 15.0 Å². The van der Waals surface area contributed by atoms with Crippen LogP contribution >= 0.6 is 22.7 Å². The van der Waals surface area contributed by atoms with Crippen LogP contribution in [0.4, 0.5) is 5.13 Å². The number of aromatic nitrogens is 2. The van der Waals surface area contributed by atoms with E-state index >= 15 is 0 Å². The highest BCUT2D eigenvalue weighted by atomic mass is 32.1. The maximum Gasteiger partial charge on any atom is 0.187 e. The summed E-state index contributed by atoms with van der Waals surface area (Å²) in [5, 5.41) is 17.9. The Bertz CT molecular complexity index is 724. The number of aryl methyl sites for hydroxylation is 1. The van der Waals surface area contributed by atoms with Crippen LogP contribution in [-0.2, 0) is 11.3 Å². The van der Waals surface area contributed by atoms with Crippen molar-refractivity contribution in [1.82, 2.24) is 9.97 Å². The molecule has 2 aromatic rings. The molecule has 0 radical (unpaired) electrons. The lowest BCUT2D eigenvalue weighted by molar-refractivity contribution is -0.921. The number of morpholine rings is 1. The fourth-order valence-electron chi connectivity index (χ4n) is 2.30. The van der Waals surface area contributed by atoms with Crippen molar-refractivity contribution < 1.29 is 9.64 Å². The van der Waals surface area contributed by atoms with Crippen LogP contribution in [0.15, 0.2) is 17.0 Å². The molecule has 0 amide bonds. The standard InChI is InChI=1S/C15H17N5OS2/c1-11-9-22-14(18-11)12(6-16)7-17-15-19-13(10-23-15)8-20-2-4-21-5-3-20/h7,9-10H,2-5,8H2,1H3,(H,17,19)/p+1/b12-7+. The number of thiazole rings is 2. The summed E-state index contributed by atoms with van der Waals surface area (Å²) in [5.41, 5.74) is 2.53. The van der Waals surface area contributed by atoms with Gasteiger partial charge in [0.25, 0.3) is 0 Å². The van der Waals surface area contributed by atoms with E-state index in [1.165, 1.54) is 16.2 Å². The van der Waals surface area contributed by atoms with Gasteiger partial charge in [0, 0.05) is 22.7 Å². The summed E-state index contributed by atoms with van der Waals surface area (Å²) in [6.45, 7) is 6.55. The molecule has 1 saturated heterocycles. The van der Waals surface area contributed by atoms with Gasteiger partial charge in [-0.2, -0.15) is 5.26 Å². The van der Waals surface area contributed by atoms with Gasteiger partial charge in [0.1, 0.15) is 42.0 Å². The quantitative estimate of drug-likeness (QED) is 0.797. The predicted molar refractivity (Wildman–Crippen MR) is 91.4 cm³/mol. The SMILES string of the molecule is Cc1csc(/C(C#N)=C/Nc2nc(C[NH+]3CCOCC3)cs2)n1. The average molecular weight is 348 g/mol. The third-order valence-corrected chi connectivity index (χ3v) is 5.31. The molecule has 2 N–H and O–H groups in total. The summed E-state index contributed by atoms with van der Waals surface area (Å²) >= 11 is 3.02. The summed E-state index contributed by atoms with van der Waals surface area (Å²) in [4.78, 5) is 10.4. The van der Waals surface area contributed by atoms with E-state index in [4.69, 9.17) is 4.74 Å². The Kier molecular flexibility index (Phi) is 5.35. The Labute approximate surface area is 143 Å². The number of allylic oxidation sites excluding steroid dienone is 1. The number of hydrogen-bond donors (Lipinski definition) is 2. The van der Waals surface area contributed by atoms with Crippen molar-refractivity contribution >= 4 is 33.4 Å². The van der Waals surface area contributed by atoms with Crippen molar-refractivity contribution in [3.05, 3.63) is 33.4 Å². The van der Waals surface area contributed by atoms with Gasteiger partial charge in [0.2, 0.25) is 0 Å². The van der Waals surface area contributed by atoms with Gasteiger partial charge >= 0.3 is 0 Å². The number of anilines is 1. The van der Waals surface area contributed by atoms with Gasteiger partial charge in [-0.05, 0) is 6.92 Å². The molecule has 23 heavy (non-hydrogen) atoms. The molecular formula is C15H18N5OS2+. The fraction of sp³-hybridized carbons (Fsp3) is 0.400. The van der Waals surface area contributed by atoms with Crippen molar-refractivity contribution in [2.75, 3.05) is 31.6 Å². The molecule has 120 valence electrons. The Morgan fingerprint density at radius 3 is 2.91 bits per heavy atom. The lowest BCUT2D eigenvalue weighted by Gasteiger charge is -2.22. The molecular weight excluding hydrogens is 330 g/mol. The van der Waals surface area contributed by atoms with E-state index in [0.717, 1.165) is 54.4 Å². The van der Waals surface area contributed by atoms with Crippen molar-refractivity contribution in [1.29, 1.82) is 5.26 Å². The number of rotatable bonds is 5. The maximum atomic E-state index is 9.26. The first kappa shape index (κ1) is 16.1. The van der Waals surface area contributed by atoms with Crippen LogP contribution in [-0.4, -0.2) is 36.3 Å². The second-order valence-corrected chi connectivity index (χ2v) is 7.01. The van der Waals surface area contributed by atoms with Gasteiger partial charge in [0.15, 0.2) is 5.13 Å². The number of quaternary nitrogens is 1. The summed E-state index contributed by atoms with van der Waals surface area (Å²) in [6.07, 6.45) is 1.68.